The number of rotatable bonds is 15. The second-order valence-electron chi connectivity index (χ2n) is 9.70. The fourth-order valence-electron chi connectivity index (χ4n) is 4.75. The van der Waals surface area contributed by atoms with E-state index in [1.54, 1.807) is 4.68 Å². The summed E-state index contributed by atoms with van der Waals surface area (Å²) in [4.78, 5) is 0. The summed E-state index contributed by atoms with van der Waals surface area (Å²) in [5.74, 6) is 0.926. The Hall–Kier alpha value is -2.81. The lowest BCUT2D eigenvalue weighted by Gasteiger charge is -2.39. The highest BCUT2D eigenvalue weighted by molar-refractivity contribution is 5.88. The van der Waals surface area contributed by atoms with Gasteiger partial charge in [-0.15, -0.1) is 5.10 Å². The molecule has 40 heavy (non-hydrogen) atoms. The quantitative estimate of drug-likeness (QED) is 0.117. The van der Waals surface area contributed by atoms with Crippen molar-refractivity contribution in [3.63, 3.8) is 0 Å². The fourth-order valence-corrected chi connectivity index (χ4v) is 4.75. The minimum atomic E-state index is -1.58. The molecule has 7 N–H and O–H groups in total. The van der Waals surface area contributed by atoms with Crippen molar-refractivity contribution in [1.82, 2.24) is 15.1 Å². The Morgan fingerprint density at radius 3 is 2.52 bits per heavy atom. The van der Waals surface area contributed by atoms with Crippen LogP contribution in [-0.4, -0.2) is 111 Å². The first-order chi connectivity index (χ1) is 19.5. The normalized spacial score (nSPS) is 23.0. The lowest BCUT2D eigenvalue weighted by atomic mass is 9.99. The monoisotopic (exact) mass is 561 g/mol. The van der Waals surface area contributed by atoms with Gasteiger partial charge in [0.2, 0.25) is 12.2 Å². The van der Waals surface area contributed by atoms with Crippen molar-refractivity contribution in [2.24, 2.45) is 0 Å². The van der Waals surface area contributed by atoms with Gasteiger partial charge in [-0.3, -0.25) is 4.68 Å². The van der Waals surface area contributed by atoms with Gasteiger partial charge in [-0.25, -0.2) is 0 Å². The smallest absolute Gasteiger partial charge is 0.243 e. The number of aliphatic hydroxyl groups excluding tert-OH is 6. The van der Waals surface area contributed by atoms with Crippen molar-refractivity contribution in [3.05, 3.63) is 53.6 Å². The van der Waals surface area contributed by atoms with Crippen molar-refractivity contribution in [2.45, 2.75) is 56.5 Å². The predicted octanol–water partition coefficient (Wildman–Crippen LogP) is -0.657. The molecule has 1 aliphatic rings. The van der Waals surface area contributed by atoms with Crippen LogP contribution in [0.5, 0.6) is 11.6 Å². The number of aromatic nitrogens is 2. The summed E-state index contributed by atoms with van der Waals surface area (Å²) in [6.45, 7) is 1.50. The van der Waals surface area contributed by atoms with E-state index in [1.165, 1.54) is 0 Å². The first kappa shape index (κ1) is 30.2. The summed E-state index contributed by atoms with van der Waals surface area (Å²) in [6.07, 6.45) is -5.00. The maximum Gasteiger partial charge on any atom is 0.243 e. The van der Waals surface area contributed by atoms with Crippen LogP contribution < -0.4 is 14.8 Å². The van der Waals surface area contributed by atoms with Crippen LogP contribution in [0.1, 0.15) is 17.5 Å². The maximum atomic E-state index is 10.5. The molecule has 5 atom stereocenters. The molecule has 0 spiro atoms. The maximum absolute atomic E-state index is 10.5. The number of aliphatic hydroxyl groups is 6. The number of hydrogen-bond acceptors (Lipinski definition) is 11. The van der Waals surface area contributed by atoms with Crippen LogP contribution in [0.3, 0.4) is 0 Å². The zero-order valence-corrected chi connectivity index (χ0v) is 22.3. The molecule has 12 nitrogen and oxygen atoms in total. The van der Waals surface area contributed by atoms with Gasteiger partial charge in [0, 0.05) is 6.54 Å². The number of fused-ring (bicyclic) bond motifs is 1. The van der Waals surface area contributed by atoms with Crippen LogP contribution in [0, 0.1) is 0 Å². The second-order valence-corrected chi connectivity index (χ2v) is 9.70. The predicted molar refractivity (Wildman–Crippen MR) is 145 cm³/mol. The third kappa shape index (κ3) is 7.28. The molecule has 1 saturated heterocycles. The molecule has 1 aromatic heterocycles. The number of nitrogens with zero attached hydrogens (tertiary/aromatic N) is 2. The van der Waals surface area contributed by atoms with Crippen LogP contribution >= 0.6 is 0 Å². The Morgan fingerprint density at radius 1 is 0.925 bits per heavy atom. The van der Waals surface area contributed by atoms with Crippen LogP contribution in [0.15, 0.2) is 42.5 Å². The number of nitrogens with one attached hydrogen (secondary N) is 1. The van der Waals surface area contributed by atoms with E-state index in [4.69, 9.17) is 19.3 Å². The van der Waals surface area contributed by atoms with Gasteiger partial charge in [0.1, 0.15) is 30.2 Å². The summed E-state index contributed by atoms with van der Waals surface area (Å²) in [5.41, 5.74) is 2.72. The van der Waals surface area contributed by atoms with Crippen LogP contribution in [-0.2, 0) is 24.1 Å². The number of hydrogen-bond donors (Lipinski definition) is 7. The summed E-state index contributed by atoms with van der Waals surface area (Å²) in [7, 11) is 0. The molecule has 1 fully saturated rings. The highest BCUT2D eigenvalue weighted by Gasteiger charge is 2.45. The molecule has 0 bridgehead atoms. The Labute approximate surface area is 232 Å². The van der Waals surface area contributed by atoms with E-state index >= 15 is 0 Å². The van der Waals surface area contributed by atoms with Gasteiger partial charge in [-0.1, -0.05) is 24.3 Å². The minimum absolute atomic E-state index is 0.111. The van der Waals surface area contributed by atoms with Gasteiger partial charge in [-0.2, -0.15) is 0 Å². The Morgan fingerprint density at radius 2 is 1.75 bits per heavy atom. The molecule has 4 rings (SSSR count). The highest BCUT2D eigenvalue weighted by Crippen LogP contribution is 2.33. The van der Waals surface area contributed by atoms with Crippen molar-refractivity contribution >= 4 is 10.9 Å². The molecule has 220 valence electrons. The molecule has 2 heterocycles. The third-order valence-electron chi connectivity index (χ3n) is 6.86. The zero-order chi connectivity index (χ0) is 28.5. The van der Waals surface area contributed by atoms with Gasteiger partial charge in [0.05, 0.1) is 43.9 Å². The SMILES string of the molecule is OCCNCCCOc1cccc(CCc2cccc3c2c(O[C@@H]2O[C@H](CO)[C@@H](O)[C@H](O)[C@H]2O)nn3CCO)c1. The molecule has 0 unspecified atom stereocenters. The largest absolute Gasteiger partial charge is 0.494 e. The molecule has 0 amide bonds. The van der Waals surface area contributed by atoms with Crippen molar-refractivity contribution in [1.29, 1.82) is 0 Å². The number of benzene rings is 2. The first-order valence-electron chi connectivity index (χ1n) is 13.6. The summed E-state index contributed by atoms with van der Waals surface area (Å²) in [5, 5.41) is 67.0. The van der Waals surface area contributed by atoms with E-state index in [0.717, 1.165) is 35.4 Å². The fraction of sp³-hybridized carbons (Fsp3) is 0.536. The van der Waals surface area contributed by atoms with Crippen molar-refractivity contribution in [3.8, 4) is 11.6 Å². The standard InChI is InChI=1S/C28H39N3O9/c32-13-11-29-10-3-15-38-20-6-1-4-18(16-20)8-9-19-5-2-7-21-23(19)27(30-31(21)12-14-33)40-28-26(37)25(36)24(35)22(17-34)39-28/h1-2,4-7,16,22,24-26,28-29,32-37H,3,8-15,17H2/t22-,24-,25+,26-,28+/m1/s1. The molecular formula is C28H39N3O9. The van der Waals surface area contributed by atoms with Crippen molar-refractivity contribution in [2.75, 3.05) is 39.5 Å². The van der Waals surface area contributed by atoms with E-state index in [0.29, 0.717) is 31.4 Å². The summed E-state index contributed by atoms with van der Waals surface area (Å²) in [6, 6.07) is 13.6. The average molecular weight is 562 g/mol. The van der Waals surface area contributed by atoms with Gasteiger partial charge < -0.3 is 50.2 Å². The molecule has 0 saturated carbocycles. The molecular weight excluding hydrogens is 522 g/mol. The number of aryl methyl sites for hydroxylation is 2. The van der Waals surface area contributed by atoms with E-state index in [-0.39, 0.29) is 25.6 Å². The summed E-state index contributed by atoms with van der Waals surface area (Å²) < 4.78 is 19.0. The number of ether oxygens (including phenoxy) is 3. The third-order valence-corrected chi connectivity index (χ3v) is 6.86. The van der Waals surface area contributed by atoms with E-state index in [9.17, 15) is 25.5 Å². The van der Waals surface area contributed by atoms with E-state index in [2.05, 4.69) is 10.4 Å². The van der Waals surface area contributed by atoms with Gasteiger partial charge in [0.15, 0.2) is 0 Å². The molecule has 0 radical (unpaired) electrons. The highest BCUT2D eigenvalue weighted by atomic mass is 16.7. The minimum Gasteiger partial charge on any atom is -0.494 e. The molecule has 3 aromatic rings. The summed E-state index contributed by atoms with van der Waals surface area (Å²) >= 11 is 0. The molecule has 1 aliphatic heterocycles. The lowest BCUT2D eigenvalue weighted by molar-refractivity contribution is -0.278. The zero-order valence-electron chi connectivity index (χ0n) is 22.3. The molecule has 0 aliphatic carbocycles. The van der Waals surface area contributed by atoms with E-state index in [1.807, 2.05) is 42.5 Å². The van der Waals surface area contributed by atoms with Gasteiger partial charge in [0.25, 0.3) is 0 Å². The van der Waals surface area contributed by atoms with Gasteiger partial charge in [-0.05, 0) is 55.1 Å². The van der Waals surface area contributed by atoms with Gasteiger partial charge >= 0.3 is 0 Å². The van der Waals surface area contributed by atoms with E-state index < -0.39 is 37.3 Å². The Bertz CT molecular complexity index is 1200. The molecule has 12 heteroatoms. The molecule has 2 aromatic carbocycles. The topological polar surface area (TPSA) is 179 Å². The lowest BCUT2D eigenvalue weighted by Crippen LogP contribution is -2.60. The second kappa shape index (κ2) is 14.7. The Kier molecular flexibility index (Phi) is 11.1. The van der Waals surface area contributed by atoms with Crippen molar-refractivity contribution < 1.29 is 44.8 Å². The van der Waals surface area contributed by atoms with Crippen LogP contribution in [0.2, 0.25) is 0 Å². The average Bonchev–Trinajstić information content (AvgIpc) is 3.32. The van der Waals surface area contributed by atoms with Crippen LogP contribution in [0.4, 0.5) is 0 Å². The van der Waals surface area contributed by atoms with Crippen LogP contribution in [0.25, 0.3) is 10.9 Å². The Balaban J connectivity index is 1.50. The first-order valence-corrected chi connectivity index (χ1v) is 13.6.